The third-order valence-corrected chi connectivity index (χ3v) is 4.90. The van der Waals surface area contributed by atoms with Crippen LogP contribution in [0.4, 0.5) is 5.82 Å². The molecule has 7 nitrogen and oxygen atoms in total. The van der Waals surface area contributed by atoms with Gasteiger partial charge in [0.2, 0.25) is 0 Å². The first kappa shape index (κ1) is 19.8. The number of pyridine rings is 1. The molecule has 1 atom stereocenters. The van der Waals surface area contributed by atoms with Crippen LogP contribution in [0.25, 0.3) is 0 Å². The molecular formula is C21H25N3O4. The van der Waals surface area contributed by atoms with E-state index in [0.717, 1.165) is 24.5 Å². The number of nitrogens with zero attached hydrogens (tertiary/aromatic N) is 3. The van der Waals surface area contributed by atoms with Gasteiger partial charge in [0.15, 0.2) is 6.61 Å². The van der Waals surface area contributed by atoms with Gasteiger partial charge < -0.3 is 19.3 Å². The highest BCUT2D eigenvalue weighted by atomic mass is 16.5. The Morgan fingerprint density at radius 3 is 2.54 bits per heavy atom. The highest BCUT2D eigenvalue weighted by molar-refractivity contribution is 5.91. The van der Waals surface area contributed by atoms with Gasteiger partial charge in [-0.1, -0.05) is 30.3 Å². The molecule has 0 radical (unpaired) electrons. The van der Waals surface area contributed by atoms with E-state index in [1.54, 1.807) is 24.1 Å². The van der Waals surface area contributed by atoms with E-state index in [-0.39, 0.29) is 18.6 Å². The molecule has 148 valence electrons. The lowest BCUT2D eigenvalue weighted by Gasteiger charge is -2.27. The molecule has 7 heteroatoms. The van der Waals surface area contributed by atoms with Gasteiger partial charge in [0.1, 0.15) is 5.82 Å². The molecule has 0 bridgehead atoms. The first-order chi connectivity index (χ1) is 13.6. The molecule has 1 aliphatic rings. The van der Waals surface area contributed by atoms with Gasteiger partial charge in [0, 0.05) is 26.3 Å². The van der Waals surface area contributed by atoms with Crippen molar-refractivity contribution in [3.8, 4) is 0 Å². The second-order valence-corrected chi connectivity index (χ2v) is 6.67. The predicted octanol–water partition coefficient (Wildman–Crippen LogP) is 2.29. The fourth-order valence-corrected chi connectivity index (χ4v) is 2.97. The number of hydrogen-bond donors (Lipinski definition) is 0. The fraction of sp³-hybridized carbons (Fsp3) is 0.381. The molecule has 1 aliphatic heterocycles. The zero-order valence-corrected chi connectivity index (χ0v) is 16.2. The molecule has 1 fully saturated rings. The lowest BCUT2D eigenvalue weighted by molar-refractivity contribution is -0.135. The van der Waals surface area contributed by atoms with E-state index in [4.69, 9.17) is 9.47 Å². The number of aromatic nitrogens is 1. The molecule has 3 rings (SSSR count). The van der Waals surface area contributed by atoms with Crippen LogP contribution in [0.5, 0.6) is 0 Å². The van der Waals surface area contributed by atoms with Crippen molar-refractivity contribution < 1.29 is 19.1 Å². The third-order valence-electron chi connectivity index (χ3n) is 4.90. The van der Waals surface area contributed by atoms with Crippen LogP contribution < -0.4 is 4.90 Å². The minimum atomic E-state index is -0.560. The minimum absolute atomic E-state index is 0.109. The van der Waals surface area contributed by atoms with Crippen LogP contribution in [-0.2, 0) is 14.3 Å². The van der Waals surface area contributed by atoms with Crippen LogP contribution in [-0.4, -0.2) is 61.7 Å². The highest BCUT2D eigenvalue weighted by Gasteiger charge is 2.19. The molecule has 0 aliphatic carbocycles. The van der Waals surface area contributed by atoms with Crippen molar-refractivity contribution in [2.75, 3.05) is 44.9 Å². The Balaban J connectivity index is 1.52. The molecule has 0 N–H and O–H groups in total. The lowest BCUT2D eigenvalue weighted by atomic mass is 10.1. The molecule has 2 aromatic rings. The second-order valence-electron chi connectivity index (χ2n) is 6.67. The van der Waals surface area contributed by atoms with Gasteiger partial charge >= 0.3 is 5.97 Å². The number of benzene rings is 1. The van der Waals surface area contributed by atoms with Gasteiger partial charge in [-0.2, -0.15) is 0 Å². The van der Waals surface area contributed by atoms with Crippen molar-refractivity contribution in [1.29, 1.82) is 0 Å². The van der Waals surface area contributed by atoms with Crippen molar-refractivity contribution >= 4 is 17.7 Å². The van der Waals surface area contributed by atoms with Crippen molar-refractivity contribution in [2.45, 2.75) is 13.0 Å². The van der Waals surface area contributed by atoms with Gasteiger partial charge in [-0.15, -0.1) is 0 Å². The Morgan fingerprint density at radius 1 is 1.18 bits per heavy atom. The number of likely N-dealkylation sites (N-methyl/N-ethyl adjacent to an activating group) is 1. The molecule has 2 heterocycles. The zero-order valence-electron chi connectivity index (χ0n) is 16.2. The Labute approximate surface area is 164 Å². The molecule has 1 aromatic carbocycles. The van der Waals surface area contributed by atoms with Crippen LogP contribution in [0.15, 0.2) is 48.7 Å². The molecule has 0 spiro atoms. The summed E-state index contributed by atoms with van der Waals surface area (Å²) in [5.41, 5.74) is 1.34. The summed E-state index contributed by atoms with van der Waals surface area (Å²) in [4.78, 5) is 32.6. The molecule has 28 heavy (non-hydrogen) atoms. The van der Waals surface area contributed by atoms with Crippen molar-refractivity contribution in [2.24, 2.45) is 0 Å². The van der Waals surface area contributed by atoms with Gasteiger partial charge in [0.25, 0.3) is 5.91 Å². The van der Waals surface area contributed by atoms with Crippen LogP contribution in [0.2, 0.25) is 0 Å². The summed E-state index contributed by atoms with van der Waals surface area (Å²) in [5.74, 6) is -0.0231. The summed E-state index contributed by atoms with van der Waals surface area (Å²) in [6.07, 6.45) is 1.48. The van der Waals surface area contributed by atoms with Crippen molar-refractivity contribution in [1.82, 2.24) is 9.88 Å². The van der Waals surface area contributed by atoms with Gasteiger partial charge in [-0.25, -0.2) is 9.78 Å². The topological polar surface area (TPSA) is 72.0 Å². The normalized spacial score (nSPS) is 15.0. The van der Waals surface area contributed by atoms with Crippen LogP contribution in [0.1, 0.15) is 28.9 Å². The average molecular weight is 383 g/mol. The Bertz CT molecular complexity index is 789. The minimum Gasteiger partial charge on any atom is -0.452 e. The quantitative estimate of drug-likeness (QED) is 0.713. The standard InChI is InChI=1S/C21H25N3O4/c1-16(17-6-4-3-5-7-17)23(2)20(25)15-28-21(26)18-8-9-19(22-14-18)24-10-12-27-13-11-24/h3-9,14,16H,10-13,15H2,1-2H3. The largest absolute Gasteiger partial charge is 0.452 e. The number of anilines is 1. The van der Waals surface area contributed by atoms with Crippen molar-refractivity contribution in [3.05, 3.63) is 59.8 Å². The van der Waals surface area contributed by atoms with E-state index >= 15 is 0 Å². The Hall–Kier alpha value is -2.93. The molecule has 1 unspecified atom stereocenters. The highest BCUT2D eigenvalue weighted by Crippen LogP contribution is 2.18. The Morgan fingerprint density at radius 2 is 1.89 bits per heavy atom. The van der Waals surface area contributed by atoms with Gasteiger partial charge in [-0.3, -0.25) is 4.79 Å². The monoisotopic (exact) mass is 383 g/mol. The van der Waals surface area contributed by atoms with Crippen molar-refractivity contribution in [3.63, 3.8) is 0 Å². The summed E-state index contributed by atoms with van der Waals surface area (Å²) in [6.45, 7) is 4.51. The van der Waals surface area contributed by atoms with Crippen LogP contribution in [0, 0.1) is 0 Å². The van der Waals surface area contributed by atoms with Gasteiger partial charge in [-0.05, 0) is 24.6 Å². The third kappa shape index (κ3) is 4.86. The molecule has 1 aromatic heterocycles. The predicted molar refractivity (Wildman–Crippen MR) is 105 cm³/mol. The summed E-state index contributed by atoms with van der Waals surface area (Å²) in [7, 11) is 1.70. The van der Waals surface area contributed by atoms with Gasteiger partial charge in [0.05, 0.1) is 24.8 Å². The number of hydrogen-bond acceptors (Lipinski definition) is 6. The smallest absolute Gasteiger partial charge is 0.340 e. The summed E-state index contributed by atoms with van der Waals surface area (Å²) in [5, 5.41) is 0. The SMILES string of the molecule is CC(c1ccccc1)N(C)C(=O)COC(=O)c1ccc(N2CCOCC2)nc1. The molecular weight excluding hydrogens is 358 g/mol. The van der Waals surface area contributed by atoms with E-state index in [1.165, 1.54) is 6.20 Å². The summed E-state index contributed by atoms with van der Waals surface area (Å²) < 4.78 is 10.5. The van der Waals surface area contributed by atoms with Crippen LogP contribution in [0.3, 0.4) is 0 Å². The van der Waals surface area contributed by atoms with E-state index in [2.05, 4.69) is 9.88 Å². The maximum absolute atomic E-state index is 12.4. The molecule has 0 saturated carbocycles. The Kier molecular flexibility index (Phi) is 6.60. The fourth-order valence-electron chi connectivity index (χ4n) is 2.97. The average Bonchev–Trinajstić information content (AvgIpc) is 2.77. The number of morpholine rings is 1. The first-order valence-corrected chi connectivity index (χ1v) is 9.32. The molecule has 1 amide bonds. The lowest BCUT2D eigenvalue weighted by Crippen LogP contribution is -2.36. The number of carbonyl (C=O) groups is 2. The van der Waals surface area contributed by atoms with Crippen LogP contribution >= 0.6 is 0 Å². The number of carbonyl (C=O) groups excluding carboxylic acids is 2. The number of rotatable bonds is 6. The number of ether oxygens (including phenoxy) is 2. The molecule has 1 saturated heterocycles. The van der Waals surface area contributed by atoms with E-state index in [0.29, 0.717) is 18.8 Å². The second kappa shape index (κ2) is 9.32. The van der Waals surface area contributed by atoms with E-state index in [1.807, 2.05) is 37.3 Å². The summed E-state index contributed by atoms with van der Waals surface area (Å²) in [6, 6.07) is 13.0. The number of esters is 1. The first-order valence-electron chi connectivity index (χ1n) is 9.32. The van der Waals surface area contributed by atoms with E-state index in [9.17, 15) is 9.59 Å². The zero-order chi connectivity index (χ0) is 19.9. The van der Waals surface area contributed by atoms with E-state index < -0.39 is 5.97 Å². The summed E-state index contributed by atoms with van der Waals surface area (Å²) >= 11 is 0. The maximum atomic E-state index is 12.4. The number of amides is 1. The maximum Gasteiger partial charge on any atom is 0.340 e.